The highest BCUT2D eigenvalue weighted by Crippen LogP contribution is 2.15. The number of benzene rings is 1. The van der Waals surface area contributed by atoms with Gasteiger partial charge >= 0.3 is 0 Å². The van der Waals surface area contributed by atoms with E-state index in [9.17, 15) is 10.1 Å². The van der Waals surface area contributed by atoms with Crippen molar-refractivity contribution in [3.05, 3.63) is 30.5 Å². The van der Waals surface area contributed by atoms with Crippen LogP contribution in [0, 0.1) is 17.2 Å². The number of ether oxygens (including phenoxy) is 1. The van der Waals surface area contributed by atoms with Crippen LogP contribution in [0.25, 0.3) is 10.9 Å². The van der Waals surface area contributed by atoms with Gasteiger partial charge in [0, 0.05) is 12.5 Å². The van der Waals surface area contributed by atoms with Crippen molar-refractivity contribution in [2.75, 3.05) is 13.7 Å². The molecule has 0 bridgehead atoms. The average Bonchev–Trinajstić information content (AvgIpc) is 2.90. The smallest absolute Gasteiger partial charge is 0.225 e. The molecule has 0 aliphatic carbocycles. The third kappa shape index (κ3) is 3.43. The lowest BCUT2D eigenvalue weighted by atomic mass is 10.0. The Morgan fingerprint density at radius 3 is 2.95 bits per heavy atom. The first-order valence-corrected chi connectivity index (χ1v) is 7.12. The van der Waals surface area contributed by atoms with E-state index >= 15 is 0 Å². The molecule has 0 aliphatic heterocycles. The van der Waals surface area contributed by atoms with Gasteiger partial charge in [0.2, 0.25) is 5.91 Å². The van der Waals surface area contributed by atoms with Crippen LogP contribution in [0.2, 0.25) is 0 Å². The first-order chi connectivity index (χ1) is 10.5. The highest BCUT2D eigenvalue weighted by Gasteiger charge is 2.28. The lowest BCUT2D eigenvalue weighted by Crippen LogP contribution is -2.50. The van der Waals surface area contributed by atoms with E-state index in [4.69, 9.17) is 4.74 Å². The quantitative estimate of drug-likeness (QED) is 0.881. The minimum atomic E-state index is -1.02. The largest absolute Gasteiger partial charge is 0.381 e. The van der Waals surface area contributed by atoms with E-state index in [1.807, 2.05) is 31.2 Å². The Morgan fingerprint density at radius 2 is 2.27 bits per heavy atom. The third-order valence-electron chi connectivity index (χ3n) is 3.52. The highest BCUT2D eigenvalue weighted by atomic mass is 16.5. The molecule has 2 atom stereocenters. The third-order valence-corrected chi connectivity index (χ3v) is 3.52. The summed E-state index contributed by atoms with van der Waals surface area (Å²) in [5, 5.41) is 17.3. The number of methoxy groups -OCH3 is 1. The molecule has 0 radical (unpaired) electrons. The molecule has 6 nitrogen and oxygen atoms in total. The number of rotatable bonds is 6. The van der Waals surface area contributed by atoms with E-state index in [1.165, 1.54) is 7.11 Å². The van der Waals surface area contributed by atoms with Crippen LogP contribution in [0.4, 0.5) is 0 Å². The molecule has 0 aliphatic rings. The first kappa shape index (κ1) is 16.0. The Labute approximate surface area is 129 Å². The Hall–Kier alpha value is -2.39. The SMILES string of the molecule is COCC(C)(C#N)NC(=O)C(C)Cn1ncc2ccccc21. The number of hydrogen-bond donors (Lipinski definition) is 1. The fourth-order valence-electron chi connectivity index (χ4n) is 2.29. The number of nitriles is 1. The molecule has 116 valence electrons. The zero-order chi connectivity index (χ0) is 16.2. The molecule has 2 unspecified atom stereocenters. The van der Waals surface area contributed by atoms with Crippen molar-refractivity contribution in [1.29, 1.82) is 5.26 Å². The van der Waals surface area contributed by atoms with Crippen molar-refractivity contribution in [3.63, 3.8) is 0 Å². The van der Waals surface area contributed by atoms with Gasteiger partial charge < -0.3 is 10.1 Å². The Balaban J connectivity index is 2.07. The molecule has 0 saturated heterocycles. The molecule has 1 aromatic heterocycles. The number of para-hydroxylation sites is 1. The summed E-state index contributed by atoms with van der Waals surface area (Å²) in [6.07, 6.45) is 1.78. The second kappa shape index (κ2) is 6.58. The lowest BCUT2D eigenvalue weighted by molar-refractivity contribution is -0.126. The normalized spacial score (nSPS) is 15.0. The van der Waals surface area contributed by atoms with Crippen LogP contribution in [0.15, 0.2) is 30.5 Å². The fourth-order valence-corrected chi connectivity index (χ4v) is 2.29. The van der Waals surface area contributed by atoms with Gasteiger partial charge in [-0.1, -0.05) is 25.1 Å². The van der Waals surface area contributed by atoms with Gasteiger partial charge in [0.25, 0.3) is 0 Å². The zero-order valence-corrected chi connectivity index (χ0v) is 13.0. The van der Waals surface area contributed by atoms with E-state index in [1.54, 1.807) is 17.8 Å². The maximum Gasteiger partial charge on any atom is 0.225 e. The van der Waals surface area contributed by atoms with Gasteiger partial charge in [-0.15, -0.1) is 0 Å². The summed E-state index contributed by atoms with van der Waals surface area (Å²) in [4.78, 5) is 12.3. The summed E-state index contributed by atoms with van der Waals surface area (Å²) >= 11 is 0. The predicted molar refractivity (Wildman–Crippen MR) is 82.9 cm³/mol. The molecule has 2 rings (SSSR count). The lowest BCUT2D eigenvalue weighted by Gasteiger charge is -2.24. The van der Waals surface area contributed by atoms with Gasteiger partial charge in [0.1, 0.15) is 5.54 Å². The van der Waals surface area contributed by atoms with Crippen LogP contribution in [-0.4, -0.2) is 34.9 Å². The molecule has 1 aromatic carbocycles. The monoisotopic (exact) mass is 300 g/mol. The molecular formula is C16H20N4O2. The van der Waals surface area contributed by atoms with E-state index in [-0.39, 0.29) is 18.4 Å². The van der Waals surface area contributed by atoms with Gasteiger partial charge in [-0.25, -0.2) is 0 Å². The number of nitrogens with zero attached hydrogens (tertiary/aromatic N) is 3. The van der Waals surface area contributed by atoms with Crippen LogP contribution < -0.4 is 5.32 Å². The van der Waals surface area contributed by atoms with Gasteiger partial charge in [0.05, 0.1) is 36.9 Å². The molecule has 0 spiro atoms. The number of carbonyl (C=O) groups is 1. The van der Waals surface area contributed by atoms with E-state index in [2.05, 4.69) is 16.5 Å². The van der Waals surface area contributed by atoms with Crippen LogP contribution in [0.5, 0.6) is 0 Å². The van der Waals surface area contributed by atoms with E-state index < -0.39 is 5.54 Å². The summed E-state index contributed by atoms with van der Waals surface area (Å²) in [6.45, 7) is 4.06. The summed E-state index contributed by atoms with van der Waals surface area (Å²) in [5.74, 6) is -0.506. The van der Waals surface area contributed by atoms with E-state index in [0.717, 1.165) is 10.9 Å². The molecule has 1 heterocycles. The van der Waals surface area contributed by atoms with Gasteiger partial charge in [-0.05, 0) is 13.0 Å². The van der Waals surface area contributed by atoms with Crippen LogP contribution in [0.3, 0.4) is 0 Å². The highest BCUT2D eigenvalue weighted by molar-refractivity contribution is 5.81. The van der Waals surface area contributed by atoms with Crippen molar-refractivity contribution in [3.8, 4) is 6.07 Å². The number of nitrogens with one attached hydrogen (secondary N) is 1. The van der Waals surface area contributed by atoms with Crippen LogP contribution >= 0.6 is 0 Å². The number of amides is 1. The minimum Gasteiger partial charge on any atom is -0.381 e. The van der Waals surface area contributed by atoms with Gasteiger partial charge in [-0.3, -0.25) is 9.48 Å². The molecule has 0 fully saturated rings. The van der Waals surface area contributed by atoms with Gasteiger partial charge in [0.15, 0.2) is 0 Å². The van der Waals surface area contributed by atoms with Crippen molar-refractivity contribution >= 4 is 16.8 Å². The second-order valence-electron chi connectivity index (χ2n) is 5.65. The molecular weight excluding hydrogens is 280 g/mol. The number of fused-ring (bicyclic) bond motifs is 1. The standard InChI is InChI=1S/C16H20N4O2/c1-12(15(21)19-16(2,10-17)11-22-3)9-20-14-7-5-4-6-13(14)8-18-20/h4-8,12H,9,11H2,1-3H3,(H,19,21). The Morgan fingerprint density at radius 1 is 1.55 bits per heavy atom. The van der Waals surface area contributed by atoms with Crippen LogP contribution in [-0.2, 0) is 16.1 Å². The molecule has 1 amide bonds. The number of aromatic nitrogens is 2. The van der Waals surface area contributed by atoms with Crippen molar-refractivity contribution < 1.29 is 9.53 Å². The Bertz CT molecular complexity index is 703. The average molecular weight is 300 g/mol. The summed E-state index contributed by atoms with van der Waals surface area (Å²) in [6, 6.07) is 9.92. The maximum absolute atomic E-state index is 12.3. The molecule has 1 N–H and O–H groups in total. The van der Waals surface area contributed by atoms with Crippen LogP contribution in [0.1, 0.15) is 13.8 Å². The summed E-state index contributed by atoms with van der Waals surface area (Å²) in [7, 11) is 1.50. The second-order valence-corrected chi connectivity index (χ2v) is 5.65. The first-order valence-electron chi connectivity index (χ1n) is 7.12. The molecule has 6 heteroatoms. The molecule has 0 saturated carbocycles. The van der Waals surface area contributed by atoms with Crippen molar-refractivity contribution in [1.82, 2.24) is 15.1 Å². The molecule has 22 heavy (non-hydrogen) atoms. The predicted octanol–water partition coefficient (Wildman–Crippen LogP) is 1.72. The van der Waals surface area contributed by atoms with Crippen molar-refractivity contribution in [2.45, 2.75) is 25.9 Å². The van der Waals surface area contributed by atoms with Crippen molar-refractivity contribution in [2.24, 2.45) is 5.92 Å². The minimum absolute atomic E-state index is 0.145. The van der Waals surface area contributed by atoms with Gasteiger partial charge in [-0.2, -0.15) is 10.4 Å². The zero-order valence-electron chi connectivity index (χ0n) is 13.0. The Kier molecular flexibility index (Phi) is 4.78. The topological polar surface area (TPSA) is 79.9 Å². The summed E-state index contributed by atoms with van der Waals surface area (Å²) < 4.78 is 6.79. The summed E-state index contributed by atoms with van der Waals surface area (Å²) in [5.41, 5.74) is -0.0335. The number of hydrogen-bond acceptors (Lipinski definition) is 4. The maximum atomic E-state index is 12.3. The van der Waals surface area contributed by atoms with E-state index in [0.29, 0.717) is 6.54 Å². The number of carbonyl (C=O) groups excluding carboxylic acids is 1. The molecule has 2 aromatic rings. The fraction of sp³-hybridized carbons (Fsp3) is 0.438.